The zero-order valence-corrected chi connectivity index (χ0v) is 12.9. The Morgan fingerprint density at radius 3 is 2.77 bits per heavy atom. The minimum absolute atomic E-state index is 0.282. The van der Waals surface area contributed by atoms with Gasteiger partial charge in [0.1, 0.15) is 5.60 Å². The summed E-state index contributed by atoms with van der Waals surface area (Å²) in [7, 11) is 0. The van der Waals surface area contributed by atoms with Crippen molar-refractivity contribution in [3.05, 3.63) is 30.0 Å². The number of ether oxygens (including phenoxy) is 1. The Labute approximate surface area is 128 Å². The van der Waals surface area contributed by atoms with Gasteiger partial charge in [0.2, 0.25) is 5.88 Å². The van der Waals surface area contributed by atoms with E-state index in [0.29, 0.717) is 6.54 Å². The first-order chi connectivity index (χ1) is 10.4. The Hall–Kier alpha value is -2.50. The van der Waals surface area contributed by atoms with Crippen molar-refractivity contribution >= 4 is 17.7 Å². The fraction of sp³-hybridized carbons (Fsp3) is 0.375. The van der Waals surface area contributed by atoms with Crippen LogP contribution in [0.2, 0.25) is 0 Å². The average molecular weight is 301 g/mol. The fourth-order valence-corrected chi connectivity index (χ4v) is 2.64. The molecule has 2 aromatic rings. The Bertz CT molecular complexity index is 716. The summed E-state index contributed by atoms with van der Waals surface area (Å²) in [6.45, 7) is 6.16. The van der Waals surface area contributed by atoms with Gasteiger partial charge in [0, 0.05) is 6.54 Å². The lowest BCUT2D eigenvalue weighted by atomic mass is 10.00. The summed E-state index contributed by atoms with van der Waals surface area (Å²) < 4.78 is 10.4. The highest BCUT2D eigenvalue weighted by molar-refractivity contribution is 5.93. The van der Waals surface area contributed by atoms with Crippen molar-refractivity contribution in [3.63, 3.8) is 0 Å². The van der Waals surface area contributed by atoms with Gasteiger partial charge in [-0.05, 0) is 44.4 Å². The predicted octanol–water partition coefficient (Wildman–Crippen LogP) is 3.22. The highest BCUT2D eigenvalue weighted by Gasteiger charge is 2.30. The van der Waals surface area contributed by atoms with Crippen LogP contribution >= 0.6 is 0 Å². The van der Waals surface area contributed by atoms with E-state index in [4.69, 9.17) is 15.0 Å². The Kier molecular flexibility index (Phi) is 3.31. The summed E-state index contributed by atoms with van der Waals surface area (Å²) in [5.74, 6) is 0.282. The molecule has 1 aliphatic rings. The van der Waals surface area contributed by atoms with Gasteiger partial charge < -0.3 is 15.0 Å². The minimum Gasteiger partial charge on any atom is -0.443 e. The molecule has 6 heteroatoms. The molecule has 22 heavy (non-hydrogen) atoms. The molecule has 0 spiro atoms. The first-order valence-corrected chi connectivity index (χ1v) is 7.20. The second kappa shape index (κ2) is 5.05. The molecule has 0 unspecified atom stereocenters. The van der Waals surface area contributed by atoms with Gasteiger partial charge in [-0.25, -0.2) is 4.79 Å². The van der Waals surface area contributed by atoms with Crippen LogP contribution in [0.15, 0.2) is 28.9 Å². The number of aromatic nitrogens is 1. The highest BCUT2D eigenvalue weighted by atomic mass is 16.6. The largest absolute Gasteiger partial charge is 0.443 e. The molecule has 116 valence electrons. The number of hydrogen-bond donors (Lipinski definition) is 1. The molecule has 0 saturated carbocycles. The molecule has 0 aliphatic carbocycles. The number of carbonyl (C=O) groups excluding carboxylic acids is 1. The number of hydrogen-bond acceptors (Lipinski definition) is 5. The van der Waals surface area contributed by atoms with Crippen molar-refractivity contribution in [2.24, 2.45) is 0 Å². The molecule has 0 atom stereocenters. The number of amides is 1. The van der Waals surface area contributed by atoms with Gasteiger partial charge in [0.05, 0.1) is 17.4 Å². The van der Waals surface area contributed by atoms with Gasteiger partial charge in [0.25, 0.3) is 0 Å². The quantitative estimate of drug-likeness (QED) is 0.874. The van der Waals surface area contributed by atoms with E-state index >= 15 is 0 Å². The van der Waals surface area contributed by atoms with Crippen molar-refractivity contribution in [3.8, 4) is 11.1 Å². The van der Waals surface area contributed by atoms with E-state index in [1.54, 1.807) is 11.1 Å². The van der Waals surface area contributed by atoms with Crippen LogP contribution in [0, 0.1) is 0 Å². The van der Waals surface area contributed by atoms with E-state index in [0.717, 1.165) is 28.8 Å². The van der Waals surface area contributed by atoms with Crippen LogP contribution in [-0.4, -0.2) is 23.4 Å². The van der Waals surface area contributed by atoms with E-state index in [-0.39, 0.29) is 12.0 Å². The van der Waals surface area contributed by atoms with Crippen molar-refractivity contribution in [1.29, 1.82) is 0 Å². The third-order valence-electron chi connectivity index (χ3n) is 3.53. The minimum atomic E-state index is -0.518. The van der Waals surface area contributed by atoms with Crippen molar-refractivity contribution in [2.75, 3.05) is 17.2 Å². The Morgan fingerprint density at radius 2 is 2.14 bits per heavy atom. The SMILES string of the molecule is CC(C)(C)OC(=O)N1CCc2c(-c3cnoc3N)cccc21. The molecule has 2 heterocycles. The summed E-state index contributed by atoms with van der Waals surface area (Å²) in [6.07, 6.45) is 2.01. The van der Waals surface area contributed by atoms with E-state index in [1.165, 1.54) is 0 Å². The number of nitrogens with two attached hydrogens (primary N) is 1. The maximum Gasteiger partial charge on any atom is 0.414 e. The summed E-state index contributed by atoms with van der Waals surface area (Å²) in [6, 6.07) is 5.77. The molecule has 2 N–H and O–H groups in total. The van der Waals surface area contributed by atoms with Gasteiger partial charge in [0.15, 0.2) is 0 Å². The maximum atomic E-state index is 12.3. The molecular weight excluding hydrogens is 282 g/mol. The lowest BCUT2D eigenvalue weighted by molar-refractivity contribution is 0.0584. The number of fused-ring (bicyclic) bond motifs is 1. The molecule has 0 bridgehead atoms. The second-order valence-corrected chi connectivity index (χ2v) is 6.29. The van der Waals surface area contributed by atoms with Crippen molar-refractivity contribution in [1.82, 2.24) is 5.16 Å². The van der Waals surface area contributed by atoms with Gasteiger partial charge in [-0.1, -0.05) is 17.3 Å². The number of anilines is 2. The topological polar surface area (TPSA) is 81.6 Å². The second-order valence-electron chi connectivity index (χ2n) is 6.29. The molecule has 1 aromatic heterocycles. The Balaban J connectivity index is 1.96. The van der Waals surface area contributed by atoms with Crippen molar-refractivity contribution < 1.29 is 14.1 Å². The van der Waals surface area contributed by atoms with Gasteiger partial charge in [-0.2, -0.15) is 0 Å². The normalized spacial score (nSPS) is 14.0. The first-order valence-electron chi connectivity index (χ1n) is 7.20. The molecule has 0 saturated heterocycles. The predicted molar refractivity (Wildman–Crippen MR) is 83.6 cm³/mol. The van der Waals surface area contributed by atoms with Crippen LogP contribution in [0.4, 0.5) is 16.4 Å². The molecule has 0 radical (unpaired) electrons. The standard InChI is InChI=1S/C16H19N3O3/c1-16(2,3)21-15(20)19-8-7-11-10(5-4-6-13(11)19)12-9-18-22-14(12)17/h4-6,9H,7-8,17H2,1-3H3. The average Bonchev–Trinajstić information content (AvgIpc) is 3.02. The van der Waals surface area contributed by atoms with Gasteiger partial charge in [-0.3, -0.25) is 4.90 Å². The smallest absolute Gasteiger partial charge is 0.414 e. The third-order valence-corrected chi connectivity index (χ3v) is 3.53. The monoisotopic (exact) mass is 301 g/mol. The Morgan fingerprint density at radius 1 is 1.36 bits per heavy atom. The van der Waals surface area contributed by atoms with Crippen LogP contribution < -0.4 is 10.6 Å². The van der Waals surface area contributed by atoms with E-state index in [2.05, 4.69) is 5.16 Å². The first kappa shape index (κ1) is 14.4. The highest BCUT2D eigenvalue weighted by Crippen LogP contribution is 2.38. The summed E-state index contributed by atoms with van der Waals surface area (Å²) >= 11 is 0. The lowest BCUT2D eigenvalue weighted by Crippen LogP contribution is -2.35. The number of carbonyl (C=O) groups is 1. The summed E-state index contributed by atoms with van der Waals surface area (Å²) in [5, 5.41) is 3.72. The maximum absolute atomic E-state index is 12.3. The zero-order valence-electron chi connectivity index (χ0n) is 12.9. The number of nitrogen functional groups attached to an aromatic ring is 1. The van der Waals surface area contributed by atoms with Crippen LogP contribution in [0.3, 0.4) is 0 Å². The number of rotatable bonds is 1. The summed E-state index contributed by atoms with van der Waals surface area (Å²) in [5.41, 5.74) is 8.90. The van der Waals surface area contributed by atoms with Crippen LogP contribution in [0.25, 0.3) is 11.1 Å². The lowest BCUT2D eigenvalue weighted by Gasteiger charge is -2.24. The molecule has 1 aromatic carbocycles. The molecule has 0 fully saturated rings. The third kappa shape index (κ3) is 2.52. The van der Waals surface area contributed by atoms with Crippen molar-refractivity contribution in [2.45, 2.75) is 32.8 Å². The number of nitrogens with zero attached hydrogens (tertiary/aromatic N) is 2. The van der Waals surface area contributed by atoms with E-state index < -0.39 is 5.60 Å². The van der Waals surface area contributed by atoms with E-state index in [9.17, 15) is 4.79 Å². The fourth-order valence-electron chi connectivity index (χ4n) is 2.64. The molecule has 1 aliphatic heterocycles. The van der Waals surface area contributed by atoms with Crippen LogP contribution in [0.5, 0.6) is 0 Å². The van der Waals surface area contributed by atoms with Crippen LogP contribution in [-0.2, 0) is 11.2 Å². The molecule has 6 nitrogen and oxygen atoms in total. The molecular formula is C16H19N3O3. The van der Waals surface area contributed by atoms with Gasteiger partial charge in [-0.15, -0.1) is 0 Å². The molecule has 3 rings (SSSR count). The summed E-state index contributed by atoms with van der Waals surface area (Å²) in [4.78, 5) is 14.0. The number of benzene rings is 1. The zero-order chi connectivity index (χ0) is 15.9. The van der Waals surface area contributed by atoms with Gasteiger partial charge >= 0.3 is 6.09 Å². The van der Waals surface area contributed by atoms with E-state index in [1.807, 2.05) is 39.0 Å². The molecule has 1 amide bonds. The van der Waals surface area contributed by atoms with Crippen LogP contribution in [0.1, 0.15) is 26.3 Å².